The van der Waals surface area contributed by atoms with Gasteiger partial charge in [0.15, 0.2) is 0 Å². The topological polar surface area (TPSA) is 79.5 Å². The van der Waals surface area contributed by atoms with E-state index in [0.717, 1.165) is 11.1 Å². The number of aromatic nitrogens is 2. The van der Waals surface area contributed by atoms with Crippen LogP contribution < -0.4 is 4.90 Å². The lowest BCUT2D eigenvalue weighted by Crippen LogP contribution is -2.48. The van der Waals surface area contributed by atoms with E-state index in [1.807, 2.05) is 38.7 Å². The molecule has 25 heavy (non-hydrogen) atoms. The van der Waals surface area contributed by atoms with E-state index in [2.05, 4.69) is 10.2 Å². The minimum Gasteiger partial charge on any atom is -0.408 e. The molecule has 0 N–H and O–H groups in total. The number of anilines is 1. The highest BCUT2D eigenvalue weighted by Crippen LogP contribution is 2.23. The first-order valence-corrected chi connectivity index (χ1v) is 9.89. The molecular weight excluding hydrogens is 340 g/mol. The molecule has 0 aliphatic carbocycles. The van der Waals surface area contributed by atoms with E-state index in [1.54, 1.807) is 12.1 Å². The molecular formula is C17H24N4O3S. The van der Waals surface area contributed by atoms with Crippen molar-refractivity contribution in [2.75, 3.05) is 31.1 Å². The molecule has 3 rings (SSSR count). The summed E-state index contributed by atoms with van der Waals surface area (Å²) in [6, 6.07) is 5.73. The Bertz CT molecular complexity index is 853. The fraction of sp³-hybridized carbons (Fsp3) is 0.529. The van der Waals surface area contributed by atoms with E-state index < -0.39 is 10.0 Å². The van der Waals surface area contributed by atoms with E-state index in [9.17, 15) is 8.42 Å². The second kappa shape index (κ2) is 6.76. The molecule has 0 bridgehead atoms. The van der Waals surface area contributed by atoms with Gasteiger partial charge in [-0.1, -0.05) is 25.0 Å². The molecule has 7 nitrogen and oxygen atoms in total. The van der Waals surface area contributed by atoms with Gasteiger partial charge < -0.3 is 9.32 Å². The highest BCUT2D eigenvalue weighted by atomic mass is 32.2. The monoisotopic (exact) mass is 364 g/mol. The summed E-state index contributed by atoms with van der Waals surface area (Å²) in [7, 11) is -3.48. The minimum absolute atomic E-state index is 0.174. The SMILES string of the molecule is Cc1ccc(S(=O)(=O)N2CCN(c3nnc(C(C)C)o3)CC2)cc1C. The van der Waals surface area contributed by atoms with Crippen molar-refractivity contribution in [1.82, 2.24) is 14.5 Å². The van der Waals surface area contributed by atoms with Crippen LogP contribution in [0.15, 0.2) is 27.5 Å². The van der Waals surface area contributed by atoms with Crippen LogP contribution in [0.1, 0.15) is 36.8 Å². The van der Waals surface area contributed by atoms with Gasteiger partial charge >= 0.3 is 6.01 Å². The van der Waals surface area contributed by atoms with Crippen molar-refractivity contribution < 1.29 is 12.8 Å². The fourth-order valence-electron chi connectivity index (χ4n) is 2.73. The van der Waals surface area contributed by atoms with Crippen molar-refractivity contribution in [2.45, 2.75) is 38.5 Å². The Morgan fingerprint density at radius 1 is 1.04 bits per heavy atom. The third kappa shape index (κ3) is 3.55. The Hall–Kier alpha value is -1.93. The summed E-state index contributed by atoms with van der Waals surface area (Å²) < 4.78 is 32.9. The Kier molecular flexibility index (Phi) is 4.83. The van der Waals surface area contributed by atoms with Gasteiger partial charge in [0, 0.05) is 32.1 Å². The molecule has 0 saturated carbocycles. The number of hydrogen-bond acceptors (Lipinski definition) is 6. The number of sulfonamides is 1. The van der Waals surface area contributed by atoms with E-state index in [4.69, 9.17) is 4.42 Å². The second-order valence-electron chi connectivity index (χ2n) is 6.71. The van der Waals surface area contributed by atoms with Crippen molar-refractivity contribution in [2.24, 2.45) is 0 Å². The predicted octanol–water partition coefficient (Wildman–Crippen LogP) is 2.32. The molecule has 0 unspecified atom stereocenters. The zero-order valence-electron chi connectivity index (χ0n) is 15.1. The van der Waals surface area contributed by atoms with Crippen molar-refractivity contribution in [3.05, 3.63) is 35.2 Å². The summed E-state index contributed by atoms with van der Waals surface area (Å²) in [6.45, 7) is 9.74. The summed E-state index contributed by atoms with van der Waals surface area (Å²) in [5.74, 6) is 0.771. The van der Waals surface area contributed by atoms with Gasteiger partial charge in [0.2, 0.25) is 15.9 Å². The second-order valence-corrected chi connectivity index (χ2v) is 8.65. The maximum absolute atomic E-state index is 12.8. The Balaban J connectivity index is 1.71. The molecule has 2 heterocycles. The first-order valence-electron chi connectivity index (χ1n) is 8.45. The Morgan fingerprint density at radius 3 is 2.28 bits per heavy atom. The molecule has 1 saturated heterocycles. The van der Waals surface area contributed by atoms with Crippen molar-refractivity contribution >= 4 is 16.0 Å². The lowest BCUT2D eigenvalue weighted by Gasteiger charge is -2.32. The molecule has 0 radical (unpaired) electrons. The first kappa shape index (κ1) is 17.9. The number of piperazine rings is 1. The molecule has 1 aromatic heterocycles. The summed E-state index contributed by atoms with van der Waals surface area (Å²) in [5.41, 5.74) is 2.06. The minimum atomic E-state index is -3.48. The largest absolute Gasteiger partial charge is 0.408 e. The molecule has 1 aliphatic rings. The molecule has 8 heteroatoms. The van der Waals surface area contributed by atoms with Crippen LogP contribution >= 0.6 is 0 Å². The van der Waals surface area contributed by atoms with E-state index in [1.165, 1.54) is 4.31 Å². The van der Waals surface area contributed by atoms with Crippen molar-refractivity contribution in [3.8, 4) is 0 Å². The summed E-state index contributed by atoms with van der Waals surface area (Å²) in [5, 5.41) is 8.10. The van der Waals surface area contributed by atoms with Crippen LogP contribution in [0.3, 0.4) is 0 Å². The predicted molar refractivity (Wildman–Crippen MR) is 95.3 cm³/mol. The number of aryl methyl sites for hydroxylation is 2. The third-order valence-electron chi connectivity index (χ3n) is 4.55. The van der Waals surface area contributed by atoms with Crippen molar-refractivity contribution in [1.29, 1.82) is 0 Å². The molecule has 1 aromatic carbocycles. The molecule has 2 aromatic rings. The van der Waals surface area contributed by atoms with Crippen LogP contribution in [0.4, 0.5) is 6.01 Å². The summed E-state index contributed by atoms with van der Waals surface area (Å²) >= 11 is 0. The zero-order chi connectivity index (χ0) is 18.2. The van der Waals surface area contributed by atoms with Gasteiger partial charge in [0.05, 0.1) is 4.90 Å². The summed E-state index contributed by atoms with van der Waals surface area (Å²) in [4.78, 5) is 2.29. The Labute approximate surface area is 148 Å². The maximum Gasteiger partial charge on any atom is 0.318 e. The van der Waals surface area contributed by atoms with Crippen LogP contribution in [0.5, 0.6) is 0 Å². The van der Waals surface area contributed by atoms with Crippen LogP contribution in [0.2, 0.25) is 0 Å². The number of nitrogens with zero attached hydrogens (tertiary/aromatic N) is 4. The smallest absolute Gasteiger partial charge is 0.318 e. The van der Waals surface area contributed by atoms with Gasteiger partial charge in [-0.2, -0.15) is 4.31 Å². The fourth-order valence-corrected chi connectivity index (χ4v) is 4.24. The number of hydrogen-bond donors (Lipinski definition) is 0. The third-order valence-corrected chi connectivity index (χ3v) is 6.44. The normalized spacial score (nSPS) is 16.6. The highest BCUT2D eigenvalue weighted by molar-refractivity contribution is 7.89. The lowest BCUT2D eigenvalue weighted by molar-refractivity contribution is 0.367. The van der Waals surface area contributed by atoms with Gasteiger partial charge in [-0.25, -0.2) is 8.42 Å². The van der Waals surface area contributed by atoms with Crippen LogP contribution in [0.25, 0.3) is 0 Å². The molecule has 0 spiro atoms. The van der Waals surface area contributed by atoms with Crippen LogP contribution in [0, 0.1) is 13.8 Å². The molecule has 136 valence electrons. The van der Waals surface area contributed by atoms with Gasteiger partial charge in [-0.15, -0.1) is 5.10 Å². The average Bonchev–Trinajstić information content (AvgIpc) is 3.08. The summed E-state index contributed by atoms with van der Waals surface area (Å²) in [6.07, 6.45) is 0. The van der Waals surface area contributed by atoms with Gasteiger partial charge in [-0.05, 0) is 37.1 Å². The zero-order valence-corrected chi connectivity index (χ0v) is 15.9. The highest BCUT2D eigenvalue weighted by Gasteiger charge is 2.30. The van der Waals surface area contributed by atoms with Crippen molar-refractivity contribution in [3.63, 3.8) is 0 Å². The van der Waals surface area contributed by atoms with Gasteiger partial charge in [-0.3, -0.25) is 0 Å². The molecule has 1 fully saturated rings. The number of benzene rings is 1. The van der Waals surface area contributed by atoms with E-state index in [-0.39, 0.29) is 5.92 Å². The average molecular weight is 364 g/mol. The molecule has 0 amide bonds. The van der Waals surface area contributed by atoms with E-state index >= 15 is 0 Å². The molecule has 0 atom stereocenters. The number of rotatable bonds is 4. The lowest BCUT2D eigenvalue weighted by atomic mass is 10.1. The molecule has 1 aliphatic heterocycles. The van der Waals surface area contributed by atoms with Gasteiger partial charge in [0.1, 0.15) is 0 Å². The van der Waals surface area contributed by atoms with Gasteiger partial charge in [0.25, 0.3) is 0 Å². The van der Waals surface area contributed by atoms with E-state index in [0.29, 0.717) is 43.0 Å². The standard InChI is InChI=1S/C17H24N4O3S/c1-12(2)16-18-19-17(24-16)20-7-9-21(10-8-20)25(22,23)15-6-5-13(3)14(4)11-15/h5-6,11-12H,7-10H2,1-4H3. The quantitative estimate of drug-likeness (QED) is 0.828. The van der Waals surface area contributed by atoms with Crippen LogP contribution in [-0.4, -0.2) is 49.1 Å². The maximum atomic E-state index is 12.8. The Morgan fingerprint density at radius 2 is 1.72 bits per heavy atom. The van der Waals surface area contributed by atoms with Crippen LogP contribution in [-0.2, 0) is 10.0 Å². The first-order chi connectivity index (χ1) is 11.8.